The van der Waals surface area contributed by atoms with E-state index in [1.54, 1.807) is 0 Å². The van der Waals surface area contributed by atoms with E-state index in [0.717, 1.165) is 25.0 Å². The minimum atomic E-state index is 0.0269. The van der Waals surface area contributed by atoms with Gasteiger partial charge in [-0.3, -0.25) is 0 Å². The molecule has 1 aromatic carbocycles. The van der Waals surface area contributed by atoms with Crippen molar-refractivity contribution in [2.75, 3.05) is 13.2 Å². The molecule has 0 saturated carbocycles. The van der Waals surface area contributed by atoms with Gasteiger partial charge < -0.3 is 9.84 Å². The van der Waals surface area contributed by atoms with Crippen LogP contribution in [-0.2, 0) is 11.2 Å². The van der Waals surface area contributed by atoms with Crippen molar-refractivity contribution in [3.63, 3.8) is 0 Å². The van der Waals surface area contributed by atoms with Crippen LogP contribution >= 0.6 is 0 Å². The van der Waals surface area contributed by atoms with E-state index in [0.29, 0.717) is 5.92 Å². The molecule has 0 radical (unpaired) electrons. The number of aliphatic hydroxyl groups excluding tert-OH is 1. The second-order valence-corrected chi connectivity index (χ2v) is 4.29. The minimum Gasteiger partial charge on any atom is -0.394 e. The topological polar surface area (TPSA) is 29.5 Å². The van der Waals surface area contributed by atoms with Gasteiger partial charge in [0.25, 0.3) is 0 Å². The third-order valence-corrected chi connectivity index (χ3v) is 3.24. The Morgan fingerprint density at radius 1 is 1.38 bits per heavy atom. The van der Waals surface area contributed by atoms with Gasteiger partial charge in [0.2, 0.25) is 0 Å². The Morgan fingerprint density at radius 2 is 2.12 bits per heavy atom. The summed E-state index contributed by atoms with van der Waals surface area (Å²) in [7, 11) is 0. The summed E-state index contributed by atoms with van der Waals surface area (Å²) in [5.41, 5.74) is 2.45. The van der Waals surface area contributed by atoms with Gasteiger partial charge in [0.1, 0.15) is 0 Å². The highest BCUT2D eigenvalue weighted by atomic mass is 16.5. The normalized spacial score (nSPS) is 24.6. The highest BCUT2D eigenvalue weighted by Gasteiger charge is 2.27. The van der Waals surface area contributed by atoms with Crippen molar-refractivity contribution in [1.82, 2.24) is 0 Å². The van der Waals surface area contributed by atoms with Gasteiger partial charge in [0, 0.05) is 6.61 Å². The van der Waals surface area contributed by atoms with Crippen LogP contribution in [0.1, 0.15) is 17.5 Å². The molecule has 0 aromatic heterocycles. The maximum absolute atomic E-state index is 9.16. The molecule has 2 rings (SSSR count). The molecule has 2 atom stereocenters. The lowest BCUT2D eigenvalue weighted by Gasteiger charge is -2.15. The number of hydrogen-bond donors (Lipinski definition) is 1. The van der Waals surface area contributed by atoms with Gasteiger partial charge >= 0.3 is 0 Å². The SMILES string of the molecule is C=Cc1ccc(CC2CCOC2CO)cc1. The summed E-state index contributed by atoms with van der Waals surface area (Å²) >= 11 is 0. The summed E-state index contributed by atoms with van der Waals surface area (Å²) in [6.07, 6.45) is 3.91. The van der Waals surface area contributed by atoms with Crippen LogP contribution in [0.15, 0.2) is 30.8 Å². The van der Waals surface area contributed by atoms with Crippen molar-refractivity contribution in [3.05, 3.63) is 42.0 Å². The number of rotatable bonds is 4. The number of ether oxygens (including phenoxy) is 1. The summed E-state index contributed by atoms with van der Waals surface area (Å²) < 4.78 is 5.47. The standard InChI is InChI=1S/C14H18O2/c1-2-11-3-5-12(6-4-11)9-13-7-8-16-14(13)10-15/h2-6,13-15H,1,7-10H2. The maximum atomic E-state index is 9.16. The highest BCUT2D eigenvalue weighted by molar-refractivity contribution is 5.47. The van der Waals surface area contributed by atoms with E-state index in [-0.39, 0.29) is 12.7 Å². The molecule has 1 aromatic rings. The molecule has 2 heteroatoms. The fourth-order valence-corrected chi connectivity index (χ4v) is 2.22. The second-order valence-electron chi connectivity index (χ2n) is 4.29. The molecule has 1 aliphatic heterocycles. The molecule has 0 aliphatic carbocycles. The molecule has 1 aliphatic rings. The summed E-state index contributed by atoms with van der Waals surface area (Å²) in [5, 5.41) is 9.16. The first-order chi connectivity index (χ1) is 7.83. The first kappa shape index (κ1) is 11.4. The van der Waals surface area contributed by atoms with E-state index in [1.807, 2.05) is 6.08 Å². The number of benzene rings is 1. The van der Waals surface area contributed by atoms with Crippen LogP contribution in [0.3, 0.4) is 0 Å². The van der Waals surface area contributed by atoms with Crippen molar-refractivity contribution in [1.29, 1.82) is 0 Å². The fraction of sp³-hybridized carbons (Fsp3) is 0.429. The molecule has 1 heterocycles. The van der Waals surface area contributed by atoms with Crippen LogP contribution in [0.5, 0.6) is 0 Å². The Balaban J connectivity index is 2.00. The average Bonchev–Trinajstić information content (AvgIpc) is 2.77. The third-order valence-electron chi connectivity index (χ3n) is 3.24. The molecule has 0 bridgehead atoms. The lowest BCUT2D eigenvalue weighted by molar-refractivity contribution is 0.0399. The van der Waals surface area contributed by atoms with Crippen LogP contribution in [0, 0.1) is 5.92 Å². The van der Waals surface area contributed by atoms with Gasteiger partial charge in [0.15, 0.2) is 0 Å². The van der Waals surface area contributed by atoms with E-state index in [4.69, 9.17) is 9.84 Å². The van der Waals surface area contributed by atoms with Crippen molar-refractivity contribution < 1.29 is 9.84 Å². The maximum Gasteiger partial charge on any atom is 0.0837 e. The highest BCUT2D eigenvalue weighted by Crippen LogP contribution is 2.24. The monoisotopic (exact) mass is 218 g/mol. The molecule has 1 saturated heterocycles. The van der Waals surface area contributed by atoms with Gasteiger partial charge in [0.05, 0.1) is 12.7 Å². The molecule has 16 heavy (non-hydrogen) atoms. The second kappa shape index (κ2) is 5.28. The molecular formula is C14H18O2. The van der Waals surface area contributed by atoms with Gasteiger partial charge in [-0.05, 0) is 29.9 Å². The zero-order valence-corrected chi connectivity index (χ0v) is 9.43. The zero-order valence-electron chi connectivity index (χ0n) is 9.43. The van der Waals surface area contributed by atoms with E-state index < -0.39 is 0 Å². The predicted molar refractivity (Wildman–Crippen MR) is 65.2 cm³/mol. The molecule has 86 valence electrons. The van der Waals surface area contributed by atoms with Gasteiger partial charge in [-0.2, -0.15) is 0 Å². The van der Waals surface area contributed by atoms with E-state index in [2.05, 4.69) is 30.8 Å². The average molecular weight is 218 g/mol. The lowest BCUT2D eigenvalue weighted by atomic mass is 9.93. The zero-order chi connectivity index (χ0) is 11.4. The van der Waals surface area contributed by atoms with Gasteiger partial charge in [-0.25, -0.2) is 0 Å². The van der Waals surface area contributed by atoms with Crippen molar-refractivity contribution in [2.45, 2.75) is 18.9 Å². The van der Waals surface area contributed by atoms with Crippen molar-refractivity contribution in [2.24, 2.45) is 5.92 Å². The molecule has 1 fully saturated rings. The van der Waals surface area contributed by atoms with Gasteiger partial charge in [-0.15, -0.1) is 0 Å². The smallest absolute Gasteiger partial charge is 0.0837 e. The molecular weight excluding hydrogens is 200 g/mol. The molecule has 2 nitrogen and oxygen atoms in total. The largest absolute Gasteiger partial charge is 0.394 e. The van der Waals surface area contributed by atoms with E-state index >= 15 is 0 Å². The number of hydrogen-bond acceptors (Lipinski definition) is 2. The quantitative estimate of drug-likeness (QED) is 0.840. The molecule has 2 unspecified atom stereocenters. The summed E-state index contributed by atoms with van der Waals surface area (Å²) in [6, 6.07) is 8.41. The van der Waals surface area contributed by atoms with Crippen molar-refractivity contribution >= 4 is 6.08 Å². The van der Waals surface area contributed by atoms with Crippen LogP contribution in [-0.4, -0.2) is 24.4 Å². The predicted octanol–water partition coefficient (Wildman–Crippen LogP) is 2.27. The summed E-state index contributed by atoms with van der Waals surface area (Å²) in [6.45, 7) is 4.65. The van der Waals surface area contributed by atoms with Crippen molar-refractivity contribution in [3.8, 4) is 0 Å². The summed E-state index contributed by atoms with van der Waals surface area (Å²) in [4.78, 5) is 0. The fourth-order valence-electron chi connectivity index (χ4n) is 2.22. The lowest BCUT2D eigenvalue weighted by Crippen LogP contribution is -2.22. The molecule has 1 N–H and O–H groups in total. The van der Waals surface area contributed by atoms with Crippen LogP contribution in [0.4, 0.5) is 0 Å². The van der Waals surface area contributed by atoms with Crippen LogP contribution in [0.25, 0.3) is 6.08 Å². The Labute approximate surface area is 96.6 Å². The van der Waals surface area contributed by atoms with Crippen LogP contribution < -0.4 is 0 Å². The van der Waals surface area contributed by atoms with E-state index in [9.17, 15) is 0 Å². The number of aliphatic hydroxyl groups is 1. The molecule has 0 amide bonds. The van der Waals surface area contributed by atoms with Gasteiger partial charge in [-0.1, -0.05) is 36.9 Å². The Morgan fingerprint density at radius 3 is 2.75 bits per heavy atom. The molecule has 0 spiro atoms. The first-order valence-corrected chi connectivity index (χ1v) is 5.77. The van der Waals surface area contributed by atoms with Crippen LogP contribution in [0.2, 0.25) is 0 Å². The Bertz CT molecular complexity index is 342. The van der Waals surface area contributed by atoms with E-state index in [1.165, 1.54) is 5.56 Å². The third kappa shape index (κ3) is 2.52. The summed E-state index contributed by atoms with van der Waals surface area (Å²) in [5.74, 6) is 0.458. The Kier molecular flexibility index (Phi) is 3.75. The first-order valence-electron chi connectivity index (χ1n) is 5.77. The minimum absolute atomic E-state index is 0.0269. The Hall–Kier alpha value is -1.12.